The molecule has 0 saturated heterocycles. The lowest BCUT2D eigenvalue weighted by Crippen LogP contribution is -2.37. The van der Waals surface area contributed by atoms with E-state index < -0.39 is 11.5 Å². The molecule has 0 bridgehead atoms. The number of aromatic nitrogens is 3. The monoisotopic (exact) mass is 245 g/mol. The number of carboxylic acid groups (broad SMARTS) is 1. The molecular weight excluding hydrogens is 230 g/mol. The Labute approximate surface area is 105 Å². The average molecular weight is 245 g/mol. The van der Waals surface area contributed by atoms with Gasteiger partial charge >= 0.3 is 5.97 Å². The summed E-state index contributed by atoms with van der Waals surface area (Å²) in [7, 11) is 0. The van der Waals surface area contributed by atoms with Gasteiger partial charge in [-0.2, -0.15) is 0 Å². The first-order chi connectivity index (χ1) is 8.43. The third kappa shape index (κ3) is 1.99. The van der Waals surface area contributed by atoms with Gasteiger partial charge in [-0.15, -0.1) is 5.10 Å². The standard InChI is InChI=1S/C13H15N3O2/c1-9-14-11(10-7-5-4-6-8-10)15-16(9)13(2,3)12(17)18/h4-8H,1-3H3,(H,17,18). The molecule has 94 valence electrons. The highest BCUT2D eigenvalue weighted by atomic mass is 16.4. The summed E-state index contributed by atoms with van der Waals surface area (Å²) >= 11 is 0. The Morgan fingerprint density at radius 3 is 2.44 bits per heavy atom. The Hall–Kier alpha value is -2.17. The molecule has 2 rings (SSSR count). The summed E-state index contributed by atoms with van der Waals surface area (Å²) in [6.07, 6.45) is 0. The first-order valence-corrected chi connectivity index (χ1v) is 5.66. The molecule has 0 aliphatic carbocycles. The zero-order valence-corrected chi connectivity index (χ0v) is 10.6. The first kappa shape index (κ1) is 12.3. The van der Waals surface area contributed by atoms with Crippen LogP contribution in [0.2, 0.25) is 0 Å². The number of benzene rings is 1. The van der Waals surface area contributed by atoms with Gasteiger partial charge in [0.2, 0.25) is 0 Å². The summed E-state index contributed by atoms with van der Waals surface area (Å²) in [6, 6.07) is 9.50. The predicted molar refractivity (Wildman–Crippen MR) is 67.2 cm³/mol. The summed E-state index contributed by atoms with van der Waals surface area (Å²) in [5.74, 6) is 0.193. The smallest absolute Gasteiger partial charge is 0.331 e. The summed E-state index contributed by atoms with van der Waals surface area (Å²) in [5, 5.41) is 13.5. The van der Waals surface area contributed by atoms with E-state index in [0.717, 1.165) is 5.56 Å². The molecule has 0 radical (unpaired) electrons. The maximum Gasteiger partial charge on any atom is 0.331 e. The SMILES string of the molecule is Cc1nc(-c2ccccc2)nn1C(C)(C)C(=O)O. The van der Waals surface area contributed by atoms with Gasteiger partial charge in [-0.05, 0) is 20.8 Å². The fourth-order valence-electron chi connectivity index (χ4n) is 1.72. The third-order valence-corrected chi connectivity index (χ3v) is 2.85. The van der Waals surface area contributed by atoms with Crippen LogP contribution in [0.4, 0.5) is 0 Å². The zero-order chi connectivity index (χ0) is 13.3. The lowest BCUT2D eigenvalue weighted by atomic mass is 10.1. The van der Waals surface area contributed by atoms with Crippen molar-refractivity contribution in [2.24, 2.45) is 0 Å². The Kier molecular flexibility index (Phi) is 2.90. The van der Waals surface area contributed by atoms with Crippen LogP contribution < -0.4 is 0 Å². The number of hydrogen-bond donors (Lipinski definition) is 1. The van der Waals surface area contributed by atoms with Gasteiger partial charge in [0.05, 0.1) is 0 Å². The first-order valence-electron chi connectivity index (χ1n) is 5.66. The van der Waals surface area contributed by atoms with Crippen molar-refractivity contribution < 1.29 is 9.90 Å². The highest BCUT2D eigenvalue weighted by Gasteiger charge is 2.32. The Morgan fingerprint density at radius 1 is 1.28 bits per heavy atom. The molecule has 2 aromatic rings. The molecule has 0 atom stereocenters. The topological polar surface area (TPSA) is 68.0 Å². The van der Waals surface area contributed by atoms with Gasteiger partial charge in [0.1, 0.15) is 5.82 Å². The second kappa shape index (κ2) is 4.25. The Morgan fingerprint density at radius 2 is 1.89 bits per heavy atom. The Bertz CT molecular complexity index is 573. The highest BCUT2D eigenvalue weighted by molar-refractivity contribution is 5.75. The fraction of sp³-hybridized carbons (Fsp3) is 0.308. The Balaban J connectivity index is 2.49. The van der Waals surface area contributed by atoms with Crippen LogP contribution in [-0.4, -0.2) is 25.8 Å². The minimum Gasteiger partial charge on any atom is -0.479 e. The molecule has 0 aliphatic heterocycles. The second-order valence-corrected chi connectivity index (χ2v) is 4.62. The van der Waals surface area contributed by atoms with Gasteiger partial charge in [-0.3, -0.25) is 0 Å². The van der Waals surface area contributed by atoms with Gasteiger partial charge in [0, 0.05) is 5.56 Å². The number of aryl methyl sites for hydroxylation is 1. The van der Waals surface area contributed by atoms with Gasteiger partial charge < -0.3 is 5.11 Å². The van der Waals surface area contributed by atoms with Gasteiger partial charge in [-0.25, -0.2) is 14.5 Å². The molecule has 0 spiro atoms. The average Bonchev–Trinajstić information content (AvgIpc) is 2.73. The molecule has 0 amide bonds. The molecule has 1 aromatic heterocycles. The van der Waals surface area contributed by atoms with E-state index in [9.17, 15) is 9.90 Å². The zero-order valence-electron chi connectivity index (χ0n) is 10.6. The van der Waals surface area contributed by atoms with Crippen LogP contribution in [0.3, 0.4) is 0 Å². The molecule has 0 saturated carbocycles. The number of rotatable bonds is 3. The van der Waals surface area contributed by atoms with Crippen LogP contribution >= 0.6 is 0 Å². The third-order valence-electron chi connectivity index (χ3n) is 2.85. The van der Waals surface area contributed by atoms with E-state index in [-0.39, 0.29) is 0 Å². The van der Waals surface area contributed by atoms with Crippen LogP contribution in [0.15, 0.2) is 30.3 Å². The molecular formula is C13H15N3O2. The van der Waals surface area contributed by atoms with Crippen LogP contribution in [0.25, 0.3) is 11.4 Å². The van der Waals surface area contributed by atoms with Crippen molar-refractivity contribution in [2.45, 2.75) is 26.3 Å². The number of hydrogen-bond acceptors (Lipinski definition) is 3. The minimum atomic E-state index is -1.11. The number of carboxylic acids is 1. The van der Waals surface area contributed by atoms with E-state index in [1.54, 1.807) is 20.8 Å². The maximum absolute atomic E-state index is 11.2. The van der Waals surface area contributed by atoms with E-state index in [1.165, 1.54) is 4.68 Å². The van der Waals surface area contributed by atoms with E-state index in [4.69, 9.17) is 0 Å². The largest absolute Gasteiger partial charge is 0.479 e. The molecule has 0 unspecified atom stereocenters. The summed E-state index contributed by atoms with van der Waals surface area (Å²) in [6.45, 7) is 4.96. The van der Waals surface area contributed by atoms with Crippen molar-refractivity contribution >= 4 is 5.97 Å². The van der Waals surface area contributed by atoms with Crippen molar-refractivity contribution in [1.29, 1.82) is 0 Å². The molecule has 0 aliphatic rings. The fourth-order valence-corrected chi connectivity index (χ4v) is 1.72. The van der Waals surface area contributed by atoms with E-state index in [2.05, 4.69) is 10.1 Å². The number of aliphatic carboxylic acids is 1. The molecule has 5 nitrogen and oxygen atoms in total. The van der Waals surface area contributed by atoms with Crippen LogP contribution in [0.5, 0.6) is 0 Å². The van der Waals surface area contributed by atoms with Crippen molar-refractivity contribution in [2.75, 3.05) is 0 Å². The molecule has 5 heteroatoms. The lowest BCUT2D eigenvalue weighted by Gasteiger charge is -2.20. The summed E-state index contributed by atoms with van der Waals surface area (Å²) in [5.41, 5.74) is -0.232. The van der Waals surface area contributed by atoms with E-state index >= 15 is 0 Å². The maximum atomic E-state index is 11.2. The molecule has 1 aromatic carbocycles. The molecule has 1 heterocycles. The summed E-state index contributed by atoms with van der Waals surface area (Å²) < 4.78 is 1.44. The quantitative estimate of drug-likeness (QED) is 0.898. The van der Waals surface area contributed by atoms with E-state index in [0.29, 0.717) is 11.6 Å². The minimum absolute atomic E-state index is 0.544. The summed E-state index contributed by atoms with van der Waals surface area (Å²) in [4.78, 5) is 15.5. The van der Waals surface area contributed by atoms with Crippen LogP contribution in [0.1, 0.15) is 19.7 Å². The van der Waals surface area contributed by atoms with Gasteiger partial charge in [-0.1, -0.05) is 30.3 Å². The highest BCUT2D eigenvalue weighted by Crippen LogP contribution is 2.21. The van der Waals surface area contributed by atoms with Gasteiger partial charge in [0.25, 0.3) is 0 Å². The van der Waals surface area contributed by atoms with Crippen molar-refractivity contribution in [1.82, 2.24) is 14.8 Å². The lowest BCUT2D eigenvalue weighted by molar-refractivity contribution is -0.146. The van der Waals surface area contributed by atoms with Crippen molar-refractivity contribution in [3.8, 4) is 11.4 Å². The van der Waals surface area contributed by atoms with Gasteiger partial charge in [0.15, 0.2) is 11.4 Å². The molecule has 18 heavy (non-hydrogen) atoms. The normalized spacial score (nSPS) is 11.5. The predicted octanol–water partition coefficient (Wildman–Crippen LogP) is 2.07. The second-order valence-electron chi connectivity index (χ2n) is 4.62. The molecule has 0 fully saturated rings. The number of nitrogens with zero attached hydrogens (tertiary/aromatic N) is 3. The van der Waals surface area contributed by atoms with Crippen LogP contribution in [0, 0.1) is 6.92 Å². The number of carbonyl (C=O) groups is 1. The molecule has 1 N–H and O–H groups in total. The van der Waals surface area contributed by atoms with Crippen molar-refractivity contribution in [3.63, 3.8) is 0 Å². The van der Waals surface area contributed by atoms with Crippen molar-refractivity contribution in [3.05, 3.63) is 36.2 Å². The van der Waals surface area contributed by atoms with E-state index in [1.807, 2.05) is 30.3 Å². The van der Waals surface area contributed by atoms with Crippen LogP contribution in [-0.2, 0) is 10.3 Å².